The Balaban J connectivity index is 2.17. The summed E-state index contributed by atoms with van der Waals surface area (Å²) in [4.78, 5) is 27.7. The van der Waals surface area contributed by atoms with Crippen LogP contribution in [0.1, 0.15) is 26.3 Å². The summed E-state index contributed by atoms with van der Waals surface area (Å²) in [5.74, 6) is -0.899. The summed E-state index contributed by atoms with van der Waals surface area (Å²) in [7, 11) is 0. The number of carbonyl (C=O) groups excluding carboxylic acids is 2. The van der Waals surface area contributed by atoms with Gasteiger partial charge in [0.25, 0.3) is 0 Å². The van der Waals surface area contributed by atoms with Crippen molar-refractivity contribution in [2.45, 2.75) is 33.0 Å². The van der Waals surface area contributed by atoms with Crippen LogP contribution in [0.3, 0.4) is 0 Å². The SMILES string of the molecule is CC(=O)N[C@@H](C(=O)Nc1nc(-c2cccc(C(F)(F)F)c2)cs1)C(C)C. The van der Waals surface area contributed by atoms with Crippen molar-refractivity contribution < 1.29 is 22.8 Å². The maximum atomic E-state index is 12.8. The van der Waals surface area contributed by atoms with E-state index in [1.165, 1.54) is 19.1 Å². The number of hydrogen-bond donors (Lipinski definition) is 2. The average molecular weight is 385 g/mol. The van der Waals surface area contributed by atoms with Gasteiger partial charge in [0.1, 0.15) is 6.04 Å². The monoisotopic (exact) mass is 385 g/mol. The van der Waals surface area contributed by atoms with Crippen LogP contribution in [0.15, 0.2) is 29.6 Å². The van der Waals surface area contributed by atoms with Gasteiger partial charge < -0.3 is 10.6 Å². The van der Waals surface area contributed by atoms with E-state index in [0.29, 0.717) is 11.3 Å². The first kappa shape index (κ1) is 19.9. The number of amides is 2. The van der Waals surface area contributed by atoms with Crippen molar-refractivity contribution in [3.63, 3.8) is 0 Å². The molecule has 0 bridgehead atoms. The van der Waals surface area contributed by atoms with Gasteiger partial charge in [-0.15, -0.1) is 11.3 Å². The lowest BCUT2D eigenvalue weighted by Gasteiger charge is -2.20. The molecule has 26 heavy (non-hydrogen) atoms. The zero-order valence-corrected chi connectivity index (χ0v) is 15.2. The van der Waals surface area contributed by atoms with Gasteiger partial charge in [-0.25, -0.2) is 4.98 Å². The number of aromatic nitrogens is 1. The number of carbonyl (C=O) groups is 2. The summed E-state index contributed by atoms with van der Waals surface area (Å²) in [6.07, 6.45) is -4.44. The maximum absolute atomic E-state index is 12.8. The second kappa shape index (κ2) is 7.86. The van der Waals surface area contributed by atoms with E-state index in [-0.39, 0.29) is 17.0 Å². The largest absolute Gasteiger partial charge is 0.416 e. The molecule has 2 aromatic rings. The predicted molar refractivity (Wildman–Crippen MR) is 93.6 cm³/mol. The molecule has 2 amide bonds. The van der Waals surface area contributed by atoms with Crippen molar-refractivity contribution in [1.29, 1.82) is 0 Å². The number of hydrogen-bond acceptors (Lipinski definition) is 4. The standard InChI is InChI=1S/C17H18F3N3O2S/c1-9(2)14(21-10(3)24)15(25)23-16-22-13(8-26-16)11-5-4-6-12(7-11)17(18,19)20/h4-9,14H,1-3H3,(H,21,24)(H,22,23,25)/t14-/m1/s1. The highest BCUT2D eigenvalue weighted by Gasteiger charge is 2.30. The number of benzene rings is 1. The minimum Gasteiger partial charge on any atom is -0.344 e. The molecule has 1 aromatic carbocycles. The minimum absolute atomic E-state index is 0.137. The van der Waals surface area contributed by atoms with Crippen LogP contribution < -0.4 is 10.6 Å². The van der Waals surface area contributed by atoms with E-state index in [9.17, 15) is 22.8 Å². The van der Waals surface area contributed by atoms with E-state index >= 15 is 0 Å². The Hall–Kier alpha value is -2.42. The van der Waals surface area contributed by atoms with Gasteiger partial charge in [-0.1, -0.05) is 26.0 Å². The van der Waals surface area contributed by atoms with Gasteiger partial charge in [0, 0.05) is 17.9 Å². The molecule has 0 fully saturated rings. The summed E-state index contributed by atoms with van der Waals surface area (Å²) in [5, 5.41) is 6.97. The molecule has 0 saturated carbocycles. The lowest BCUT2D eigenvalue weighted by Crippen LogP contribution is -2.46. The number of rotatable bonds is 5. The second-order valence-electron chi connectivity index (χ2n) is 6.03. The molecule has 9 heteroatoms. The van der Waals surface area contributed by atoms with E-state index in [2.05, 4.69) is 15.6 Å². The van der Waals surface area contributed by atoms with Gasteiger partial charge in [-0.2, -0.15) is 13.2 Å². The highest BCUT2D eigenvalue weighted by atomic mass is 32.1. The fraction of sp³-hybridized carbons (Fsp3) is 0.353. The van der Waals surface area contributed by atoms with Gasteiger partial charge in [0.15, 0.2) is 5.13 Å². The van der Waals surface area contributed by atoms with Crippen molar-refractivity contribution in [2.75, 3.05) is 5.32 Å². The van der Waals surface area contributed by atoms with Crippen molar-refractivity contribution in [3.8, 4) is 11.3 Å². The summed E-state index contributed by atoms with van der Waals surface area (Å²) < 4.78 is 38.5. The zero-order chi connectivity index (χ0) is 19.5. The molecule has 2 N–H and O–H groups in total. The molecule has 0 aliphatic heterocycles. The van der Waals surface area contributed by atoms with Crippen LogP contribution in [-0.4, -0.2) is 22.8 Å². The predicted octanol–water partition coefficient (Wildman–Crippen LogP) is 3.93. The van der Waals surface area contributed by atoms with Gasteiger partial charge in [-0.05, 0) is 18.1 Å². The Morgan fingerprint density at radius 1 is 1.23 bits per heavy atom. The summed E-state index contributed by atoms with van der Waals surface area (Å²) in [5.41, 5.74) is -0.130. The fourth-order valence-corrected chi connectivity index (χ4v) is 2.98. The third-order valence-electron chi connectivity index (χ3n) is 3.53. The van der Waals surface area contributed by atoms with Crippen LogP contribution >= 0.6 is 11.3 Å². The van der Waals surface area contributed by atoms with E-state index in [1.807, 2.05) is 0 Å². The Morgan fingerprint density at radius 2 is 1.92 bits per heavy atom. The van der Waals surface area contributed by atoms with Crippen molar-refractivity contribution >= 4 is 28.3 Å². The van der Waals surface area contributed by atoms with Crippen LogP contribution in [0.4, 0.5) is 18.3 Å². The number of nitrogens with one attached hydrogen (secondary N) is 2. The van der Waals surface area contributed by atoms with Crippen molar-refractivity contribution in [2.24, 2.45) is 5.92 Å². The van der Waals surface area contributed by atoms with Gasteiger partial charge in [0.05, 0.1) is 11.3 Å². The summed E-state index contributed by atoms with van der Waals surface area (Å²) in [6, 6.07) is 4.09. The third kappa shape index (κ3) is 5.04. The molecule has 1 aromatic heterocycles. The Morgan fingerprint density at radius 3 is 2.50 bits per heavy atom. The number of alkyl halides is 3. The quantitative estimate of drug-likeness (QED) is 0.819. The highest BCUT2D eigenvalue weighted by molar-refractivity contribution is 7.14. The van der Waals surface area contributed by atoms with Crippen LogP contribution in [0.2, 0.25) is 0 Å². The third-order valence-corrected chi connectivity index (χ3v) is 4.29. The first-order chi connectivity index (χ1) is 12.1. The summed E-state index contributed by atoms with van der Waals surface area (Å²) >= 11 is 1.10. The van der Waals surface area contributed by atoms with Crippen molar-refractivity contribution in [3.05, 3.63) is 35.2 Å². The number of nitrogens with zero attached hydrogens (tertiary/aromatic N) is 1. The topological polar surface area (TPSA) is 71.1 Å². The Bertz CT molecular complexity index is 803. The summed E-state index contributed by atoms with van der Waals surface area (Å²) in [6.45, 7) is 4.89. The second-order valence-corrected chi connectivity index (χ2v) is 6.89. The molecular formula is C17H18F3N3O2S. The lowest BCUT2D eigenvalue weighted by molar-refractivity contribution is -0.137. The molecule has 1 heterocycles. The van der Waals surface area contributed by atoms with Gasteiger partial charge >= 0.3 is 6.18 Å². The minimum atomic E-state index is -4.44. The van der Waals surface area contributed by atoms with Gasteiger partial charge in [0.2, 0.25) is 11.8 Å². The molecule has 140 valence electrons. The molecule has 0 spiro atoms. The first-order valence-corrected chi connectivity index (χ1v) is 8.67. The molecule has 0 unspecified atom stereocenters. The lowest BCUT2D eigenvalue weighted by atomic mass is 10.0. The molecular weight excluding hydrogens is 367 g/mol. The first-order valence-electron chi connectivity index (χ1n) is 7.79. The van der Waals surface area contributed by atoms with E-state index in [4.69, 9.17) is 0 Å². The normalized spacial score (nSPS) is 12.7. The smallest absolute Gasteiger partial charge is 0.344 e. The van der Waals surface area contributed by atoms with Crippen molar-refractivity contribution in [1.82, 2.24) is 10.3 Å². The molecule has 0 aliphatic rings. The molecule has 5 nitrogen and oxygen atoms in total. The van der Waals surface area contributed by atoms with Crippen LogP contribution in [-0.2, 0) is 15.8 Å². The molecule has 1 atom stereocenters. The number of anilines is 1. The van der Waals surface area contributed by atoms with Crippen LogP contribution in [0.25, 0.3) is 11.3 Å². The Kier molecular flexibility index (Phi) is 6.01. The Labute approximate surface area is 152 Å². The molecule has 0 saturated heterocycles. The highest BCUT2D eigenvalue weighted by Crippen LogP contribution is 2.33. The molecule has 2 rings (SSSR count). The van der Waals surface area contributed by atoms with E-state index in [1.54, 1.807) is 19.2 Å². The molecule has 0 radical (unpaired) electrons. The van der Waals surface area contributed by atoms with E-state index < -0.39 is 23.7 Å². The molecule has 0 aliphatic carbocycles. The van der Waals surface area contributed by atoms with Gasteiger partial charge in [-0.3, -0.25) is 9.59 Å². The van der Waals surface area contributed by atoms with Crippen LogP contribution in [0, 0.1) is 5.92 Å². The van der Waals surface area contributed by atoms with E-state index in [0.717, 1.165) is 23.5 Å². The number of thiazole rings is 1. The zero-order valence-electron chi connectivity index (χ0n) is 14.3. The average Bonchev–Trinajstić information content (AvgIpc) is 3.00. The fourth-order valence-electron chi connectivity index (χ4n) is 2.26. The number of halogens is 3. The van der Waals surface area contributed by atoms with Crippen LogP contribution in [0.5, 0.6) is 0 Å². The maximum Gasteiger partial charge on any atom is 0.416 e.